The van der Waals surface area contributed by atoms with Gasteiger partial charge in [-0.25, -0.2) is 0 Å². The molecule has 3 heteroatoms. The molecule has 0 spiro atoms. The highest BCUT2D eigenvalue weighted by Gasteiger charge is 2.03. The predicted molar refractivity (Wildman–Crippen MR) is 60.0 cm³/mol. The Hall–Kier alpha value is -1.77. The Labute approximate surface area is 83.6 Å². The van der Waals surface area contributed by atoms with E-state index in [1.54, 1.807) is 0 Å². The highest BCUT2D eigenvalue weighted by atomic mass is 15.2. The van der Waals surface area contributed by atoms with Crippen molar-refractivity contribution < 1.29 is 0 Å². The third-order valence-corrected chi connectivity index (χ3v) is 2.14. The number of hydrogen-bond acceptors (Lipinski definition) is 3. The topological polar surface area (TPSA) is 41.6 Å². The molecule has 14 heavy (non-hydrogen) atoms. The lowest BCUT2D eigenvalue weighted by atomic mass is 10.1. The van der Waals surface area contributed by atoms with Gasteiger partial charge in [-0.05, 0) is 17.7 Å². The zero-order valence-electron chi connectivity index (χ0n) is 8.14. The molecule has 1 heterocycles. The van der Waals surface area contributed by atoms with Crippen molar-refractivity contribution in [1.29, 1.82) is 0 Å². The van der Waals surface area contributed by atoms with E-state index >= 15 is 0 Å². The molecule has 0 bridgehead atoms. The molecule has 2 rings (SSSR count). The van der Waals surface area contributed by atoms with Gasteiger partial charge in [0.2, 0.25) is 0 Å². The molecule has 0 amide bonds. The van der Waals surface area contributed by atoms with Gasteiger partial charge in [0.1, 0.15) is 6.67 Å². The van der Waals surface area contributed by atoms with Crippen molar-refractivity contribution in [2.75, 3.05) is 19.5 Å². The fourth-order valence-electron chi connectivity index (χ4n) is 1.40. The van der Waals surface area contributed by atoms with Gasteiger partial charge in [0.25, 0.3) is 0 Å². The van der Waals surface area contributed by atoms with Gasteiger partial charge in [0, 0.05) is 30.7 Å². The monoisotopic (exact) mass is 187 g/mol. The van der Waals surface area contributed by atoms with Crippen LogP contribution in [-0.2, 0) is 0 Å². The number of nitrogen functional groups attached to an aromatic ring is 1. The number of benzene rings is 1. The van der Waals surface area contributed by atoms with Crippen LogP contribution in [0.1, 0.15) is 5.56 Å². The summed E-state index contributed by atoms with van der Waals surface area (Å²) in [6.45, 7) is 0.735. The van der Waals surface area contributed by atoms with E-state index in [1.807, 2.05) is 42.4 Å². The summed E-state index contributed by atoms with van der Waals surface area (Å²) in [6.07, 6.45) is 3.98. The maximum absolute atomic E-state index is 5.62. The maximum Gasteiger partial charge on any atom is 0.109 e. The highest BCUT2D eigenvalue weighted by Crippen LogP contribution is 2.16. The van der Waals surface area contributed by atoms with Gasteiger partial charge >= 0.3 is 0 Å². The van der Waals surface area contributed by atoms with Crippen LogP contribution in [-0.4, -0.2) is 24.8 Å². The van der Waals surface area contributed by atoms with Gasteiger partial charge in [-0.3, -0.25) is 4.99 Å². The first-order chi connectivity index (χ1) is 6.75. The summed E-state index contributed by atoms with van der Waals surface area (Å²) < 4.78 is 0. The molecule has 1 aromatic carbocycles. The number of nitrogens with two attached hydrogens (primary N) is 1. The largest absolute Gasteiger partial charge is 0.399 e. The molecule has 0 radical (unpaired) electrons. The van der Waals surface area contributed by atoms with E-state index in [4.69, 9.17) is 5.73 Å². The van der Waals surface area contributed by atoms with Crippen LogP contribution in [0.4, 0.5) is 5.69 Å². The SMILES string of the molecule is CN1C=C(c2ccc(N)cc2)C=NC1. The molecular weight excluding hydrogens is 174 g/mol. The summed E-state index contributed by atoms with van der Waals surface area (Å²) in [6, 6.07) is 7.82. The Kier molecular flexibility index (Phi) is 2.23. The quantitative estimate of drug-likeness (QED) is 0.678. The molecule has 2 N–H and O–H groups in total. The van der Waals surface area contributed by atoms with Crippen LogP contribution in [0, 0.1) is 0 Å². The normalized spacial score (nSPS) is 15.5. The van der Waals surface area contributed by atoms with E-state index in [9.17, 15) is 0 Å². The van der Waals surface area contributed by atoms with Crippen LogP contribution >= 0.6 is 0 Å². The molecule has 0 unspecified atom stereocenters. The van der Waals surface area contributed by atoms with Gasteiger partial charge in [0.05, 0.1) is 0 Å². The minimum absolute atomic E-state index is 0.735. The van der Waals surface area contributed by atoms with Gasteiger partial charge in [-0.15, -0.1) is 0 Å². The number of anilines is 1. The maximum atomic E-state index is 5.62. The Morgan fingerprint density at radius 3 is 2.64 bits per heavy atom. The van der Waals surface area contributed by atoms with Gasteiger partial charge in [0.15, 0.2) is 0 Å². The molecule has 3 nitrogen and oxygen atoms in total. The molecule has 0 atom stereocenters. The van der Waals surface area contributed by atoms with E-state index < -0.39 is 0 Å². The fraction of sp³-hybridized carbons (Fsp3) is 0.182. The molecule has 0 saturated carbocycles. The Bertz CT molecular complexity index is 376. The Balaban J connectivity index is 2.31. The third kappa shape index (κ3) is 1.76. The van der Waals surface area contributed by atoms with Gasteiger partial charge < -0.3 is 10.6 Å². The first-order valence-corrected chi connectivity index (χ1v) is 4.53. The van der Waals surface area contributed by atoms with Crippen molar-refractivity contribution in [1.82, 2.24) is 4.90 Å². The molecule has 72 valence electrons. The fourth-order valence-corrected chi connectivity index (χ4v) is 1.40. The highest BCUT2D eigenvalue weighted by molar-refractivity contribution is 6.10. The lowest BCUT2D eigenvalue weighted by Gasteiger charge is -2.17. The standard InChI is InChI=1S/C11H13N3/c1-14-7-10(6-13-8-14)9-2-4-11(12)5-3-9/h2-7H,8,12H2,1H3. The summed E-state index contributed by atoms with van der Waals surface area (Å²) in [7, 11) is 2.01. The molecule has 0 saturated heterocycles. The second-order valence-electron chi connectivity index (χ2n) is 3.42. The van der Waals surface area contributed by atoms with Crippen molar-refractivity contribution in [2.24, 2.45) is 4.99 Å². The summed E-state index contributed by atoms with van der Waals surface area (Å²) in [5.74, 6) is 0. The second-order valence-corrected chi connectivity index (χ2v) is 3.42. The number of hydrogen-bond donors (Lipinski definition) is 1. The summed E-state index contributed by atoms with van der Waals surface area (Å²) in [4.78, 5) is 6.29. The number of aliphatic imine (C=N–C) groups is 1. The average molecular weight is 187 g/mol. The van der Waals surface area contributed by atoms with E-state index in [1.165, 1.54) is 0 Å². The van der Waals surface area contributed by atoms with Crippen LogP contribution in [0.15, 0.2) is 35.5 Å². The number of allylic oxidation sites excluding steroid dienone is 1. The first-order valence-electron chi connectivity index (χ1n) is 4.53. The number of nitrogens with zero attached hydrogens (tertiary/aromatic N) is 2. The van der Waals surface area contributed by atoms with E-state index in [2.05, 4.69) is 11.2 Å². The zero-order chi connectivity index (χ0) is 9.97. The molecule has 1 aliphatic heterocycles. The van der Waals surface area contributed by atoms with Crippen molar-refractivity contribution in [3.05, 3.63) is 36.0 Å². The lowest BCUT2D eigenvalue weighted by Crippen LogP contribution is -2.15. The van der Waals surface area contributed by atoms with Crippen molar-refractivity contribution in [2.45, 2.75) is 0 Å². The van der Waals surface area contributed by atoms with E-state index in [0.29, 0.717) is 0 Å². The summed E-state index contributed by atoms with van der Waals surface area (Å²) >= 11 is 0. The number of rotatable bonds is 1. The Morgan fingerprint density at radius 1 is 1.29 bits per heavy atom. The zero-order valence-corrected chi connectivity index (χ0v) is 8.14. The van der Waals surface area contributed by atoms with Crippen LogP contribution in [0.3, 0.4) is 0 Å². The molecule has 1 aromatic rings. The molecule has 1 aliphatic rings. The molecule has 0 aliphatic carbocycles. The third-order valence-electron chi connectivity index (χ3n) is 2.14. The van der Waals surface area contributed by atoms with Crippen molar-refractivity contribution >= 4 is 17.5 Å². The van der Waals surface area contributed by atoms with Gasteiger partial charge in [-0.1, -0.05) is 12.1 Å². The van der Waals surface area contributed by atoms with Crippen molar-refractivity contribution in [3.8, 4) is 0 Å². The summed E-state index contributed by atoms with van der Waals surface area (Å²) in [5, 5.41) is 0. The van der Waals surface area contributed by atoms with E-state index in [-0.39, 0.29) is 0 Å². The Morgan fingerprint density at radius 2 is 2.00 bits per heavy atom. The van der Waals surface area contributed by atoms with Gasteiger partial charge in [-0.2, -0.15) is 0 Å². The van der Waals surface area contributed by atoms with Crippen molar-refractivity contribution in [3.63, 3.8) is 0 Å². The van der Waals surface area contributed by atoms with Crippen LogP contribution in [0.25, 0.3) is 5.57 Å². The van der Waals surface area contributed by atoms with Crippen LogP contribution in [0.2, 0.25) is 0 Å². The van der Waals surface area contributed by atoms with Crippen LogP contribution < -0.4 is 5.73 Å². The average Bonchev–Trinajstić information content (AvgIpc) is 2.19. The molecule has 0 fully saturated rings. The first kappa shape index (κ1) is 8.81. The minimum atomic E-state index is 0.735. The smallest absolute Gasteiger partial charge is 0.109 e. The predicted octanol–water partition coefficient (Wildman–Crippen LogP) is 1.58. The molecule has 0 aromatic heterocycles. The molecular formula is C11H13N3. The summed E-state index contributed by atoms with van der Waals surface area (Å²) in [5.41, 5.74) is 8.68. The van der Waals surface area contributed by atoms with Crippen LogP contribution in [0.5, 0.6) is 0 Å². The van der Waals surface area contributed by atoms with E-state index in [0.717, 1.165) is 23.5 Å². The minimum Gasteiger partial charge on any atom is -0.399 e. The second kappa shape index (κ2) is 3.54. The lowest BCUT2D eigenvalue weighted by molar-refractivity contribution is 0.472.